The first kappa shape index (κ1) is 16.1. The van der Waals surface area contributed by atoms with E-state index in [1.807, 2.05) is 48.5 Å². The second-order valence-electron chi connectivity index (χ2n) is 5.01. The molecule has 0 saturated carbocycles. The molecule has 118 valence electrons. The molecule has 3 aromatic rings. The molecule has 0 N–H and O–H groups in total. The van der Waals surface area contributed by atoms with Crippen LogP contribution in [0.4, 0.5) is 0 Å². The normalized spacial score (nSPS) is 12.2. The van der Waals surface area contributed by atoms with Crippen LogP contribution in [0.25, 0.3) is 0 Å². The summed E-state index contributed by atoms with van der Waals surface area (Å²) >= 11 is 18.5. The highest BCUT2D eigenvalue weighted by atomic mass is 35.5. The standard InChI is InChI=1S/C16H13Cl3N4/c1-22(23-10-20-9-21-23)16(11-2-4-12(17)5-3-11)14-7-6-13(18)8-15(14)19/h2-10,16H,1H3. The Balaban J connectivity index is 2.11. The van der Waals surface area contributed by atoms with E-state index in [1.54, 1.807) is 17.2 Å². The minimum atomic E-state index is -0.168. The molecule has 0 bridgehead atoms. The third kappa shape index (κ3) is 3.44. The fourth-order valence-electron chi connectivity index (χ4n) is 2.45. The van der Waals surface area contributed by atoms with Crippen LogP contribution in [-0.4, -0.2) is 21.9 Å². The molecule has 0 fully saturated rings. The molecule has 0 aliphatic carbocycles. The Bertz CT molecular complexity index is 788. The third-order valence-electron chi connectivity index (χ3n) is 3.55. The number of rotatable bonds is 4. The van der Waals surface area contributed by atoms with Gasteiger partial charge in [-0.3, -0.25) is 5.01 Å². The number of aromatic nitrogens is 3. The Kier molecular flexibility index (Phi) is 4.76. The first-order valence-corrected chi connectivity index (χ1v) is 7.98. The quantitative estimate of drug-likeness (QED) is 0.676. The maximum absolute atomic E-state index is 6.43. The van der Waals surface area contributed by atoms with Gasteiger partial charge in [-0.2, -0.15) is 4.79 Å². The maximum Gasteiger partial charge on any atom is 0.139 e. The van der Waals surface area contributed by atoms with Crippen molar-refractivity contribution in [2.75, 3.05) is 12.1 Å². The van der Waals surface area contributed by atoms with Crippen molar-refractivity contribution >= 4 is 34.8 Å². The molecule has 0 spiro atoms. The Morgan fingerprint density at radius 3 is 2.30 bits per heavy atom. The van der Waals surface area contributed by atoms with E-state index in [1.165, 1.54) is 6.33 Å². The van der Waals surface area contributed by atoms with Gasteiger partial charge in [0.25, 0.3) is 0 Å². The molecule has 7 heteroatoms. The minimum Gasteiger partial charge on any atom is -0.287 e. The Hall–Kier alpha value is -1.75. The molecular weight excluding hydrogens is 355 g/mol. The lowest BCUT2D eigenvalue weighted by Crippen LogP contribution is -2.35. The lowest BCUT2D eigenvalue weighted by atomic mass is 9.98. The van der Waals surface area contributed by atoms with Crippen LogP contribution >= 0.6 is 34.8 Å². The number of hydrogen-bond donors (Lipinski definition) is 0. The van der Waals surface area contributed by atoms with Gasteiger partial charge in [0, 0.05) is 22.1 Å². The van der Waals surface area contributed by atoms with E-state index in [-0.39, 0.29) is 6.04 Å². The van der Waals surface area contributed by atoms with Crippen LogP contribution in [0.15, 0.2) is 55.1 Å². The van der Waals surface area contributed by atoms with Crippen LogP contribution in [0.3, 0.4) is 0 Å². The van der Waals surface area contributed by atoms with E-state index < -0.39 is 0 Å². The Morgan fingerprint density at radius 1 is 1.00 bits per heavy atom. The molecule has 0 aliphatic heterocycles. The van der Waals surface area contributed by atoms with Crippen molar-refractivity contribution in [1.29, 1.82) is 0 Å². The summed E-state index contributed by atoms with van der Waals surface area (Å²) in [5.74, 6) is 0. The SMILES string of the molecule is CN(C(c1ccc(Cl)cc1)c1ccc(Cl)cc1Cl)n1cncn1. The molecule has 23 heavy (non-hydrogen) atoms. The zero-order valence-electron chi connectivity index (χ0n) is 12.2. The van der Waals surface area contributed by atoms with Crippen LogP contribution in [0.5, 0.6) is 0 Å². The summed E-state index contributed by atoms with van der Waals surface area (Å²) in [6.45, 7) is 0. The molecule has 0 saturated heterocycles. The lowest BCUT2D eigenvalue weighted by molar-refractivity contribution is 0.529. The Labute approximate surface area is 149 Å². The van der Waals surface area contributed by atoms with Gasteiger partial charge in [0.15, 0.2) is 0 Å². The zero-order chi connectivity index (χ0) is 16.4. The van der Waals surface area contributed by atoms with Gasteiger partial charge < -0.3 is 0 Å². The average Bonchev–Trinajstić information content (AvgIpc) is 3.05. The van der Waals surface area contributed by atoms with Gasteiger partial charge in [-0.1, -0.05) is 53.0 Å². The molecule has 1 heterocycles. The summed E-state index contributed by atoms with van der Waals surface area (Å²) in [5, 5.41) is 7.99. The molecule has 1 aromatic heterocycles. The largest absolute Gasteiger partial charge is 0.287 e. The molecule has 4 nitrogen and oxygen atoms in total. The van der Waals surface area contributed by atoms with Crippen LogP contribution < -0.4 is 5.01 Å². The van der Waals surface area contributed by atoms with Gasteiger partial charge in [0.1, 0.15) is 12.7 Å². The van der Waals surface area contributed by atoms with Crippen molar-refractivity contribution in [3.63, 3.8) is 0 Å². The van der Waals surface area contributed by atoms with E-state index >= 15 is 0 Å². The topological polar surface area (TPSA) is 34.0 Å². The summed E-state index contributed by atoms with van der Waals surface area (Å²) in [6.07, 6.45) is 3.12. The minimum absolute atomic E-state index is 0.168. The average molecular weight is 368 g/mol. The van der Waals surface area contributed by atoms with Crippen molar-refractivity contribution in [3.8, 4) is 0 Å². The Morgan fingerprint density at radius 2 is 1.70 bits per heavy atom. The predicted molar refractivity (Wildman–Crippen MR) is 93.9 cm³/mol. The first-order valence-electron chi connectivity index (χ1n) is 6.84. The van der Waals surface area contributed by atoms with Gasteiger partial charge in [0.05, 0.1) is 6.04 Å². The van der Waals surface area contributed by atoms with E-state index in [0.717, 1.165) is 11.1 Å². The van der Waals surface area contributed by atoms with Crippen molar-refractivity contribution in [2.45, 2.75) is 6.04 Å². The maximum atomic E-state index is 6.43. The van der Waals surface area contributed by atoms with Crippen molar-refractivity contribution in [1.82, 2.24) is 14.9 Å². The summed E-state index contributed by atoms with van der Waals surface area (Å²) in [4.78, 5) is 5.66. The highest BCUT2D eigenvalue weighted by Gasteiger charge is 2.23. The van der Waals surface area contributed by atoms with Crippen molar-refractivity contribution in [3.05, 3.63) is 81.3 Å². The fraction of sp³-hybridized carbons (Fsp3) is 0.125. The first-order chi connectivity index (χ1) is 11.1. The monoisotopic (exact) mass is 366 g/mol. The van der Waals surface area contributed by atoms with Crippen molar-refractivity contribution < 1.29 is 0 Å². The molecule has 3 rings (SSSR count). The molecule has 1 atom stereocenters. The van der Waals surface area contributed by atoms with Crippen LogP contribution in [0.1, 0.15) is 17.2 Å². The van der Waals surface area contributed by atoms with E-state index in [4.69, 9.17) is 34.8 Å². The highest BCUT2D eigenvalue weighted by molar-refractivity contribution is 6.35. The van der Waals surface area contributed by atoms with E-state index in [2.05, 4.69) is 10.1 Å². The molecule has 2 aromatic carbocycles. The summed E-state index contributed by atoms with van der Waals surface area (Å²) in [6, 6.07) is 12.9. The van der Waals surface area contributed by atoms with Crippen molar-refractivity contribution in [2.24, 2.45) is 0 Å². The lowest BCUT2D eigenvalue weighted by Gasteiger charge is -2.30. The van der Waals surface area contributed by atoms with Crippen LogP contribution in [0, 0.1) is 0 Å². The van der Waals surface area contributed by atoms with Gasteiger partial charge in [-0.15, -0.1) is 5.10 Å². The van der Waals surface area contributed by atoms with Gasteiger partial charge in [-0.05, 0) is 35.4 Å². The number of nitrogens with zero attached hydrogens (tertiary/aromatic N) is 4. The van der Waals surface area contributed by atoms with Gasteiger partial charge in [0.2, 0.25) is 0 Å². The second-order valence-corrected chi connectivity index (χ2v) is 6.29. The summed E-state index contributed by atoms with van der Waals surface area (Å²) < 4.78 is 0. The van der Waals surface area contributed by atoms with Gasteiger partial charge >= 0.3 is 0 Å². The van der Waals surface area contributed by atoms with Crippen LogP contribution in [0.2, 0.25) is 15.1 Å². The summed E-state index contributed by atoms with van der Waals surface area (Å²) in [5.41, 5.74) is 1.94. The number of hydrogen-bond acceptors (Lipinski definition) is 3. The van der Waals surface area contributed by atoms with E-state index in [9.17, 15) is 0 Å². The number of halogens is 3. The van der Waals surface area contributed by atoms with Gasteiger partial charge in [-0.25, -0.2) is 4.98 Å². The second kappa shape index (κ2) is 6.79. The summed E-state index contributed by atoms with van der Waals surface area (Å²) in [7, 11) is 1.92. The highest BCUT2D eigenvalue weighted by Crippen LogP contribution is 2.33. The van der Waals surface area contributed by atoms with Crippen LogP contribution in [-0.2, 0) is 0 Å². The molecular formula is C16H13Cl3N4. The zero-order valence-corrected chi connectivity index (χ0v) is 14.5. The third-order valence-corrected chi connectivity index (χ3v) is 4.36. The smallest absolute Gasteiger partial charge is 0.139 e. The molecule has 0 radical (unpaired) electrons. The fourth-order valence-corrected chi connectivity index (χ4v) is 3.09. The molecule has 0 aliphatic rings. The molecule has 1 unspecified atom stereocenters. The number of benzene rings is 2. The van der Waals surface area contributed by atoms with E-state index in [0.29, 0.717) is 15.1 Å². The molecule has 0 amide bonds. The predicted octanol–water partition coefficient (Wildman–Crippen LogP) is 4.60.